The van der Waals surface area contributed by atoms with Gasteiger partial charge in [-0.15, -0.1) is 0 Å². The molecule has 1 atom stereocenters. The molecule has 0 bridgehead atoms. The van der Waals surface area contributed by atoms with E-state index >= 15 is 0 Å². The second-order valence-corrected chi connectivity index (χ2v) is 7.49. The Balaban J connectivity index is 1.39. The quantitative estimate of drug-likeness (QED) is 0.413. The first-order valence-electron chi connectivity index (χ1n) is 9.32. The van der Waals surface area contributed by atoms with E-state index in [0.717, 1.165) is 23.4 Å². The maximum Gasteiger partial charge on any atom is 0.416 e. The molecule has 158 valence electrons. The van der Waals surface area contributed by atoms with Crippen molar-refractivity contribution in [1.82, 2.24) is 19.9 Å². The zero-order valence-corrected chi connectivity index (χ0v) is 16.6. The summed E-state index contributed by atoms with van der Waals surface area (Å²) in [5, 5.41) is 8.98. The Morgan fingerprint density at radius 1 is 1.06 bits per heavy atom. The van der Waals surface area contributed by atoms with Crippen LogP contribution in [0.1, 0.15) is 22.9 Å². The molecule has 0 spiro atoms. The molecular weight excluding hydrogens is 433 g/mol. The Hall–Kier alpha value is -3.17. The highest BCUT2D eigenvalue weighted by Gasteiger charge is 2.31. The van der Waals surface area contributed by atoms with Gasteiger partial charge in [0.2, 0.25) is 5.82 Å². The van der Waals surface area contributed by atoms with Crippen LogP contribution in [0.15, 0.2) is 59.1 Å². The van der Waals surface area contributed by atoms with Crippen molar-refractivity contribution in [2.45, 2.75) is 25.4 Å². The predicted octanol–water partition coefficient (Wildman–Crippen LogP) is 5.54. The van der Waals surface area contributed by atoms with Crippen LogP contribution in [0.5, 0.6) is 0 Å². The van der Waals surface area contributed by atoms with E-state index in [1.165, 1.54) is 12.1 Å². The maximum absolute atomic E-state index is 13.0. The molecule has 10 heteroatoms. The summed E-state index contributed by atoms with van der Waals surface area (Å²) in [4.78, 5) is 4.23. The first-order valence-corrected chi connectivity index (χ1v) is 9.70. The molecule has 6 nitrogen and oxygen atoms in total. The van der Waals surface area contributed by atoms with E-state index in [-0.39, 0.29) is 23.4 Å². The number of ether oxygens (including phenoxy) is 1. The van der Waals surface area contributed by atoms with E-state index in [0.29, 0.717) is 23.9 Å². The molecule has 5 rings (SSSR count). The number of aromatic nitrogens is 4. The van der Waals surface area contributed by atoms with Gasteiger partial charge in [0.05, 0.1) is 24.4 Å². The lowest BCUT2D eigenvalue weighted by Crippen LogP contribution is -2.21. The SMILES string of the molecule is FC(F)(F)c1cccc(-c2noc(-c3cc4n(n3)CC(c3ccc(Cl)cc3)OC4)n2)c1. The van der Waals surface area contributed by atoms with Crippen molar-refractivity contribution < 1.29 is 22.4 Å². The monoisotopic (exact) mass is 446 g/mol. The van der Waals surface area contributed by atoms with Gasteiger partial charge in [-0.05, 0) is 35.9 Å². The summed E-state index contributed by atoms with van der Waals surface area (Å²) < 4.78 is 51.9. The summed E-state index contributed by atoms with van der Waals surface area (Å²) >= 11 is 5.94. The lowest BCUT2D eigenvalue weighted by atomic mass is 10.1. The van der Waals surface area contributed by atoms with Crippen molar-refractivity contribution in [1.29, 1.82) is 0 Å². The van der Waals surface area contributed by atoms with Gasteiger partial charge < -0.3 is 9.26 Å². The highest BCUT2D eigenvalue weighted by atomic mass is 35.5. The molecule has 1 aliphatic rings. The molecular formula is C21H14ClF3N4O2. The lowest BCUT2D eigenvalue weighted by Gasteiger charge is -2.24. The average molecular weight is 447 g/mol. The standard InChI is InChI=1S/C21H14ClF3N4O2/c22-15-6-4-12(5-7-15)18-10-29-16(11-30-18)9-17(27-29)20-26-19(28-31-20)13-2-1-3-14(8-13)21(23,24)25/h1-9,18H,10-11H2. The topological polar surface area (TPSA) is 66.0 Å². The van der Waals surface area contributed by atoms with Crippen LogP contribution in [0.2, 0.25) is 5.02 Å². The summed E-state index contributed by atoms with van der Waals surface area (Å²) in [6.07, 6.45) is -4.63. The minimum absolute atomic E-state index is 0.0577. The molecule has 0 amide bonds. The van der Waals surface area contributed by atoms with Crippen LogP contribution >= 0.6 is 11.6 Å². The van der Waals surface area contributed by atoms with Crippen molar-refractivity contribution in [3.63, 3.8) is 0 Å². The molecule has 1 aliphatic heterocycles. The number of halogens is 4. The van der Waals surface area contributed by atoms with Crippen LogP contribution in [0.25, 0.3) is 23.0 Å². The van der Waals surface area contributed by atoms with E-state index in [4.69, 9.17) is 20.9 Å². The van der Waals surface area contributed by atoms with Gasteiger partial charge in [0.25, 0.3) is 5.89 Å². The van der Waals surface area contributed by atoms with Crippen molar-refractivity contribution in [3.05, 3.63) is 76.4 Å². The van der Waals surface area contributed by atoms with E-state index < -0.39 is 11.7 Å². The van der Waals surface area contributed by atoms with Gasteiger partial charge in [0, 0.05) is 10.6 Å². The second-order valence-electron chi connectivity index (χ2n) is 7.06. The van der Waals surface area contributed by atoms with Crippen molar-refractivity contribution in [2.24, 2.45) is 0 Å². The molecule has 0 saturated heterocycles. The Morgan fingerprint density at radius 2 is 1.87 bits per heavy atom. The van der Waals surface area contributed by atoms with Crippen LogP contribution in [-0.2, 0) is 24.1 Å². The zero-order valence-electron chi connectivity index (χ0n) is 15.8. The van der Waals surface area contributed by atoms with Gasteiger partial charge in [-0.25, -0.2) is 0 Å². The summed E-state index contributed by atoms with van der Waals surface area (Å²) in [6, 6.07) is 14.0. The number of rotatable bonds is 3. The molecule has 4 aromatic rings. The number of hydrogen-bond donors (Lipinski definition) is 0. The highest BCUT2D eigenvalue weighted by molar-refractivity contribution is 6.30. The van der Waals surface area contributed by atoms with E-state index in [1.54, 1.807) is 22.9 Å². The highest BCUT2D eigenvalue weighted by Crippen LogP contribution is 2.33. The smallest absolute Gasteiger partial charge is 0.365 e. The van der Waals surface area contributed by atoms with E-state index in [9.17, 15) is 13.2 Å². The first-order chi connectivity index (χ1) is 14.9. The molecule has 2 aromatic carbocycles. The number of benzene rings is 2. The van der Waals surface area contributed by atoms with Crippen LogP contribution < -0.4 is 0 Å². The molecule has 2 aromatic heterocycles. The summed E-state index contributed by atoms with van der Waals surface area (Å²) in [6.45, 7) is 0.834. The van der Waals surface area contributed by atoms with Crippen molar-refractivity contribution in [3.8, 4) is 23.0 Å². The van der Waals surface area contributed by atoms with Gasteiger partial charge in [0.1, 0.15) is 6.10 Å². The molecule has 31 heavy (non-hydrogen) atoms. The van der Waals surface area contributed by atoms with E-state index in [2.05, 4.69) is 15.2 Å². The molecule has 0 saturated carbocycles. The second kappa shape index (κ2) is 7.51. The van der Waals surface area contributed by atoms with Crippen LogP contribution in [0, 0.1) is 0 Å². The predicted molar refractivity (Wildman–Crippen MR) is 105 cm³/mol. The van der Waals surface area contributed by atoms with Gasteiger partial charge in [-0.2, -0.15) is 23.3 Å². The van der Waals surface area contributed by atoms with Crippen molar-refractivity contribution in [2.75, 3.05) is 0 Å². The molecule has 3 heterocycles. The van der Waals surface area contributed by atoms with Crippen LogP contribution in [-0.4, -0.2) is 19.9 Å². The van der Waals surface area contributed by atoms with Crippen LogP contribution in [0.4, 0.5) is 13.2 Å². The third kappa shape index (κ3) is 3.94. The average Bonchev–Trinajstić information content (AvgIpc) is 3.40. The van der Waals surface area contributed by atoms with Gasteiger partial charge in [-0.3, -0.25) is 4.68 Å². The molecule has 0 fully saturated rings. The van der Waals surface area contributed by atoms with E-state index in [1.807, 2.05) is 12.1 Å². The number of hydrogen-bond acceptors (Lipinski definition) is 5. The fourth-order valence-corrected chi connectivity index (χ4v) is 3.51. The summed E-state index contributed by atoms with van der Waals surface area (Å²) in [5.41, 5.74) is 1.68. The van der Waals surface area contributed by atoms with Crippen molar-refractivity contribution >= 4 is 11.6 Å². The Morgan fingerprint density at radius 3 is 2.65 bits per heavy atom. The first kappa shape index (κ1) is 19.8. The van der Waals surface area contributed by atoms with Gasteiger partial charge in [-0.1, -0.05) is 41.0 Å². The fraction of sp³-hybridized carbons (Fsp3) is 0.190. The minimum Gasteiger partial charge on any atom is -0.365 e. The van der Waals surface area contributed by atoms with Crippen LogP contribution in [0.3, 0.4) is 0 Å². The number of fused-ring (bicyclic) bond motifs is 1. The Labute approximate surface area is 179 Å². The largest absolute Gasteiger partial charge is 0.416 e. The Bertz CT molecular complexity index is 1230. The third-order valence-electron chi connectivity index (χ3n) is 4.97. The van der Waals surface area contributed by atoms with Gasteiger partial charge >= 0.3 is 6.18 Å². The fourth-order valence-electron chi connectivity index (χ4n) is 3.39. The number of nitrogens with zero attached hydrogens (tertiary/aromatic N) is 4. The molecule has 0 N–H and O–H groups in total. The molecule has 0 aliphatic carbocycles. The minimum atomic E-state index is -4.45. The van der Waals surface area contributed by atoms with Gasteiger partial charge in [0.15, 0.2) is 5.69 Å². The number of alkyl halides is 3. The third-order valence-corrected chi connectivity index (χ3v) is 5.22. The normalized spacial score (nSPS) is 16.3. The maximum atomic E-state index is 13.0. The Kier molecular flexibility index (Phi) is 4.79. The summed E-state index contributed by atoms with van der Waals surface area (Å²) in [5.74, 6) is 0.180. The zero-order chi connectivity index (χ0) is 21.6. The molecule has 1 unspecified atom stereocenters. The lowest BCUT2D eigenvalue weighted by molar-refractivity contribution is -0.137. The molecule has 0 radical (unpaired) electrons. The summed E-state index contributed by atoms with van der Waals surface area (Å²) in [7, 11) is 0.